The highest BCUT2D eigenvalue weighted by atomic mass is 16.6. The summed E-state index contributed by atoms with van der Waals surface area (Å²) < 4.78 is 0. The number of nitrogens with two attached hydrogens (primary N) is 1. The lowest BCUT2D eigenvalue weighted by molar-refractivity contribution is -0.150. The normalized spacial score (nSPS) is 12.5. The summed E-state index contributed by atoms with van der Waals surface area (Å²) in [6.07, 6.45) is -0.743. The van der Waals surface area contributed by atoms with Gasteiger partial charge in [0.05, 0.1) is 0 Å². The molecule has 2 aromatic carbocycles. The van der Waals surface area contributed by atoms with Crippen molar-refractivity contribution < 1.29 is 14.7 Å². The van der Waals surface area contributed by atoms with E-state index in [1.54, 1.807) is 0 Å². The van der Waals surface area contributed by atoms with Gasteiger partial charge in [-0.1, -0.05) is 42.5 Å². The summed E-state index contributed by atoms with van der Waals surface area (Å²) in [6.45, 7) is 0. The van der Waals surface area contributed by atoms with E-state index in [2.05, 4.69) is 4.84 Å². The standard InChI is InChI=1S/C13H13NO3/c14-17-12(13(15)16)8-9-5-6-10-3-1-2-4-11(10)7-9/h1-7,12H,8,14H2,(H,15,16). The van der Waals surface area contributed by atoms with Gasteiger partial charge >= 0.3 is 5.97 Å². The van der Waals surface area contributed by atoms with Crippen LogP contribution in [0.3, 0.4) is 0 Å². The summed E-state index contributed by atoms with van der Waals surface area (Å²) >= 11 is 0. The lowest BCUT2D eigenvalue weighted by atomic mass is 10.0. The molecule has 0 spiro atoms. The largest absolute Gasteiger partial charge is 0.479 e. The lowest BCUT2D eigenvalue weighted by Gasteiger charge is -2.10. The summed E-state index contributed by atoms with van der Waals surface area (Å²) in [5, 5.41) is 11.0. The Morgan fingerprint density at radius 3 is 2.59 bits per heavy atom. The highest BCUT2D eigenvalue weighted by Crippen LogP contribution is 2.17. The van der Waals surface area contributed by atoms with Crippen LogP contribution in [0.2, 0.25) is 0 Å². The second-order valence-electron chi connectivity index (χ2n) is 3.85. The van der Waals surface area contributed by atoms with Crippen LogP contribution >= 0.6 is 0 Å². The first-order valence-electron chi connectivity index (χ1n) is 5.26. The summed E-state index contributed by atoms with van der Waals surface area (Å²) in [5.74, 6) is 3.90. The molecule has 0 aliphatic carbocycles. The Kier molecular flexibility index (Phi) is 3.37. The van der Waals surface area contributed by atoms with E-state index in [0.29, 0.717) is 0 Å². The third-order valence-electron chi connectivity index (χ3n) is 2.67. The Labute approximate surface area is 98.6 Å². The van der Waals surface area contributed by atoms with Gasteiger partial charge in [-0.3, -0.25) is 4.84 Å². The average molecular weight is 231 g/mol. The van der Waals surface area contributed by atoms with Crippen LogP contribution in [0.15, 0.2) is 42.5 Å². The van der Waals surface area contributed by atoms with Gasteiger partial charge in [0, 0.05) is 6.42 Å². The molecule has 3 N–H and O–H groups in total. The first kappa shape index (κ1) is 11.6. The van der Waals surface area contributed by atoms with Gasteiger partial charge in [-0.25, -0.2) is 10.7 Å². The molecule has 0 radical (unpaired) electrons. The molecule has 2 rings (SSSR count). The molecular formula is C13H13NO3. The minimum Gasteiger partial charge on any atom is -0.479 e. The molecule has 0 aliphatic rings. The molecule has 88 valence electrons. The summed E-state index contributed by atoms with van der Waals surface area (Å²) in [7, 11) is 0. The van der Waals surface area contributed by atoms with Crippen LogP contribution in [0.1, 0.15) is 5.56 Å². The van der Waals surface area contributed by atoms with E-state index in [1.807, 2.05) is 42.5 Å². The van der Waals surface area contributed by atoms with Crippen molar-refractivity contribution in [3.8, 4) is 0 Å². The Balaban J connectivity index is 2.27. The van der Waals surface area contributed by atoms with Gasteiger partial charge in [-0.2, -0.15) is 0 Å². The van der Waals surface area contributed by atoms with Gasteiger partial charge < -0.3 is 5.11 Å². The molecule has 0 bridgehead atoms. The Hall–Kier alpha value is -1.91. The molecule has 0 saturated heterocycles. The first-order valence-corrected chi connectivity index (χ1v) is 5.26. The van der Waals surface area contributed by atoms with Crippen molar-refractivity contribution in [1.29, 1.82) is 0 Å². The fraction of sp³-hybridized carbons (Fsp3) is 0.154. The maximum absolute atomic E-state index is 10.8. The number of carboxylic acid groups (broad SMARTS) is 1. The molecule has 1 unspecified atom stereocenters. The van der Waals surface area contributed by atoms with Crippen LogP contribution in [-0.4, -0.2) is 17.2 Å². The van der Waals surface area contributed by atoms with E-state index in [1.165, 1.54) is 0 Å². The molecule has 0 aromatic heterocycles. The number of carboxylic acids is 1. The van der Waals surface area contributed by atoms with Gasteiger partial charge in [-0.05, 0) is 16.3 Å². The Morgan fingerprint density at radius 2 is 1.94 bits per heavy atom. The predicted molar refractivity (Wildman–Crippen MR) is 64.3 cm³/mol. The third-order valence-corrected chi connectivity index (χ3v) is 2.67. The first-order chi connectivity index (χ1) is 8.20. The molecule has 4 heteroatoms. The van der Waals surface area contributed by atoms with Crippen LogP contribution in [-0.2, 0) is 16.1 Å². The number of hydrogen-bond donors (Lipinski definition) is 2. The molecule has 0 amide bonds. The molecule has 4 nitrogen and oxygen atoms in total. The molecule has 0 heterocycles. The van der Waals surface area contributed by atoms with E-state index in [4.69, 9.17) is 11.0 Å². The van der Waals surface area contributed by atoms with Crippen molar-refractivity contribution >= 4 is 16.7 Å². The van der Waals surface area contributed by atoms with Crippen LogP contribution < -0.4 is 5.90 Å². The van der Waals surface area contributed by atoms with Crippen LogP contribution in [0.5, 0.6) is 0 Å². The summed E-state index contributed by atoms with van der Waals surface area (Å²) in [5.41, 5.74) is 0.890. The lowest BCUT2D eigenvalue weighted by Crippen LogP contribution is -2.29. The van der Waals surface area contributed by atoms with Crippen molar-refractivity contribution in [2.45, 2.75) is 12.5 Å². The second-order valence-corrected chi connectivity index (χ2v) is 3.85. The Bertz CT molecular complexity index is 539. The zero-order valence-corrected chi connectivity index (χ0v) is 9.17. The number of hydrogen-bond acceptors (Lipinski definition) is 3. The van der Waals surface area contributed by atoms with Gasteiger partial charge in [0.1, 0.15) is 0 Å². The van der Waals surface area contributed by atoms with Crippen LogP contribution in [0.25, 0.3) is 10.8 Å². The number of fused-ring (bicyclic) bond motifs is 1. The van der Waals surface area contributed by atoms with E-state index in [9.17, 15) is 4.79 Å². The maximum atomic E-state index is 10.8. The second kappa shape index (κ2) is 4.95. The Morgan fingerprint density at radius 1 is 1.24 bits per heavy atom. The van der Waals surface area contributed by atoms with E-state index in [0.717, 1.165) is 16.3 Å². The predicted octanol–water partition coefficient (Wildman–Crippen LogP) is 1.73. The third kappa shape index (κ3) is 2.61. The summed E-state index contributed by atoms with van der Waals surface area (Å²) in [6, 6.07) is 13.7. The van der Waals surface area contributed by atoms with Gasteiger partial charge in [0.25, 0.3) is 0 Å². The van der Waals surface area contributed by atoms with Crippen LogP contribution in [0, 0.1) is 0 Å². The molecular weight excluding hydrogens is 218 g/mol. The average Bonchev–Trinajstić information content (AvgIpc) is 2.35. The minimum absolute atomic E-state index is 0.261. The molecule has 17 heavy (non-hydrogen) atoms. The fourth-order valence-corrected chi connectivity index (χ4v) is 1.77. The van der Waals surface area contributed by atoms with Gasteiger partial charge in [-0.15, -0.1) is 0 Å². The van der Waals surface area contributed by atoms with Crippen molar-refractivity contribution in [3.63, 3.8) is 0 Å². The zero-order chi connectivity index (χ0) is 12.3. The van der Waals surface area contributed by atoms with Crippen molar-refractivity contribution in [2.75, 3.05) is 0 Å². The molecule has 0 saturated carbocycles. The number of aliphatic carboxylic acids is 1. The van der Waals surface area contributed by atoms with Crippen LogP contribution in [0.4, 0.5) is 0 Å². The molecule has 0 fully saturated rings. The number of benzene rings is 2. The topological polar surface area (TPSA) is 72.5 Å². The quantitative estimate of drug-likeness (QED) is 0.786. The van der Waals surface area contributed by atoms with E-state index >= 15 is 0 Å². The fourth-order valence-electron chi connectivity index (χ4n) is 1.77. The molecule has 1 atom stereocenters. The number of carbonyl (C=O) groups is 1. The van der Waals surface area contributed by atoms with Crippen molar-refractivity contribution in [2.24, 2.45) is 5.90 Å². The van der Waals surface area contributed by atoms with E-state index < -0.39 is 12.1 Å². The van der Waals surface area contributed by atoms with Crippen molar-refractivity contribution in [3.05, 3.63) is 48.0 Å². The van der Waals surface area contributed by atoms with Crippen molar-refractivity contribution in [1.82, 2.24) is 0 Å². The highest BCUT2D eigenvalue weighted by Gasteiger charge is 2.17. The smallest absolute Gasteiger partial charge is 0.335 e. The van der Waals surface area contributed by atoms with Gasteiger partial charge in [0.15, 0.2) is 6.10 Å². The van der Waals surface area contributed by atoms with E-state index in [-0.39, 0.29) is 6.42 Å². The highest BCUT2D eigenvalue weighted by molar-refractivity contribution is 5.83. The zero-order valence-electron chi connectivity index (χ0n) is 9.17. The molecule has 0 aliphatic heterocycles. The monoisotopic (exact) mass is 231 g/mol. The van der Waals surface area contributed by atoms with Gasteiger partial charge in [0.2, 0.25) is 0 Å². The molecule has 2 aromatic rings. The maximum Gasteiger partial charge on any atom is 0.335 e. The number of rotatable bonds is 4. The summed E-state index contributed by atoms with van der Waals surface area (Å²) in [4.78, 5) is 15.2. The minimum atomic E-state index is -1.05. The SMILES string of the molecule is NOC(Cc1ccc2ccccc2c1)C(=O)O.